The minimum atomic E-state index is -0.189. The van der Waals surface area contributed by atoms with Crippen molar-refractivity contribution in [2.75, 3.05) is 0 Å². The summed E-state index contributed by atoms with van der Waals surface area (Å²) in [4.78, 5) is 7.94. The molecule has 0 fully saturated rings. The number of benzene rings is 1. The Morgan fingerprint density at radius 1 is 1.15 bits per heavy atom. The van der Waals surface area contributed by atoms with Crippen LogP contribution in [0.3, 0.4) is 0 Å². The molecule has 0 saturated carbocycles. The predicted octanol–water partition coefficient (Wildman–Crippen LogP) is 1.32. The summed E-state index contributed by atoms with van der Waals surface area (Å²) in [5, 5.41) is 12.0. The fourth-order valence-electron chi connectivity index (χ4n) is 1.33. The number of fused-ring (bicyclic) bond motifs is 1. The molecule has 0 aliphatic heterocycles. The SMILES string of the molecule is Cc1ccc2nc(C)nc([O-])c2c1. The Hall–Kier alpha value is -1.64. The maximum atomic E-state index is 11.4. The number of rotatable bonds is 0. The molecule has 66 valence electrons. The first kappa shape index (κ1) is 7.98. The topological polar surface area (TPSA) is 48.8 Å². The maximum absolute atomic E-state index is 11.4. The van der Waals surface area contributed by atoms with Gasteiger partial charge in [-0.25, -0.2) is 9.97 Å². The van der Waals surface area contributed by atoms with Gasteiger partial charge in [0.05, 0.1) is 5.52 Å². The molecule has 0 amide bonds. The molecule has 2 aromatic rings. The van der Waals surface area contributed by atoms with Crippen LogP contribution in [0.25, 0.3) is 10.9 Å². The molecular weight excluding hydrogens is 164 g/mol. The summed E-state index contributed by atoms with van der Waals surface area (Å²) in [5.41, 5.74) is 1.78. The summed E-state index contributed by atoms with van der Waals surface area (Å²) in [5.74, 6) is 0.340. The smallest absolute Gasteiger partial charge is 0.125 e. The monoisotopic (exact) mass is 173 g/mol. The summed E-state index contributed by atoms with van der Waals surface area (Å²) >= 11 is 0. The Kier molecular flexibility index (Phi) is 1.65. The lowest BCUT2D eigenvalue weighted by molar-refractivity contribution is -0.272. The van der Waals surface area contributed by atoms with Gasteiger partial charge in [0, 0.05) is 5.39 Å². The molecule has 0 unspecified atom stereocenters. The first-order valence-corrected chi connectivity index (χ1v) is 4.09. The summed E-state index contributed by atoms with van der Waals surface area (Å²) in [6.07, 6.45) is 0. The van der Waals surface area contributed by atoms with E-state index in [9.17, 15) is 5.11 Å². The lowest BCUT2D eigenvalue weighted by atomic mass is 10.1. The molecule has 1 aromatic carbocycles. The third-order valence-corrected chi connectivity index (χ3v) is 1.93. The van der Waals surface area contributed by atoms with Crippen LogP contribution in [-0.4, -0.2) is 9.97 Å². The third kappa shape index (κ3) is 1.33. The fraction of sp³-hybridized carbons (Fsp3) is 0.200. The van der Waals surface area contributed by atoms with Crippen LogP contribution in [0.2, 0.25) is 0 Å². The van der Waals surface area contributed by atoms with Gasteiger partial charge in [0.2, 0.25) is 0 Å². The number of hydrogen-bond acceptors (Lipinski definition) is 3. The molecule has 0 aliphatic rings. The van der Waals surface area contributed by atoms with Gasteiger partial charge in [0.15, 0.2) is 0 Å². The first-order chi connectivity index (χ1) is 6.16. The van der Waals surface area contributed by atoms with Crippen LogP contribution < -0.4 is 5.11 Å². The Morgan fingerprint density at radius 3 is 2.69 bits per heavy atom. The van der Waals surface area contributed by atoms with Crippen molar-refractivity contribution < 1.29 is 5.11 Å². The fourth-order valence-corrected chi connectivity index (χ4v) is 1.33. The quantitative estimate of drug-likeness (QED) is 0.603. The van der Waals surface area contributed by atoms with Crippen molar-refractivity contribution in [3.63, 3.8) is 0 Å². The Morgan fingerprint density at radius 2 is 1.92 bits per heavy atom. The molecule has 0 atom stereocenters. The highest BCUT2D eigenvalue weighted by molar-refractivity contribution is 5.83. The van der Waals surface area contributed by atoms with Gasteiger partial charge in [0.1, 0.15) is 5.82 Å². The average Bonchev–Trinajstić information content (AvgIpc) is 2.06. The van der Waals surface area contributed by atoms with E-state index in [1.165, 1.54) is 0 Å². The van der Waals surface area contributed by atoms with E-state index in [2.05, 4.69) is 9.97 Å². The number of aromatic nitrogens is 2. The first-order valence-electron chi connectivity index (χ1n) is 4.09. The number of nitrogens with zero attached hydrogens (tertiary/aromatic N) is 2. The zero-order valence-electron chi connectivity index (χ0n) is 7.53. The Balaban J connectivity index is 2.87. The van der Waals surface area contributed by atoms with Gasteiger partial charge in [-0.2, -0.15) is 0 Å². The zero-order valence-corrected chi connectivity index (χ0v) is 7.53. The molecule has 1 aromatic heterocycles. The van der Waals surface area contributed by atoms with Crippen molar-refractivity contribution in [3.8, 4) is 5.88 Å². The highest BCUT2D eigenvalue weighted by atomic mass is 16.3. The largest absolute Gasteiger partial charge is 0.858 e. The van der Waals surface area contributed by atoms with Crippen LogP contribution in [0.1, 0.15) is 11.4 Å². The summed E-state index contributed by atoms with van der Waals surface area (Å²) in [7, 11) is 0. The summed E-state index contributed by atoms with van der Waals surface area (Å²) < 4.78 is 0. The molecule has 0 aliphatic carbocycles. The predicted molar refractivity (Wildman–Crippen MR) is 48.5 cm³/mol. The van der Waals surface area contributed by atoms with Crippen molar-refractivity contribution in [3.05, 3.63) is 29.6 Å². The lowest BCUT2D eigenvalue weighted by Gasteiger charge is -2.09. The summed E-state index contributed by atoms with van der Waals surface area (Å²) in [6, 6.07) is 5.60. The molecule has 0 radical (unpaired) electrons. The van der Waals surface area contributed by atoms with Crippen LogP contribution in [0.15, 0.2) is 18.2 Å². The van der Waals surface area contributed by atoms with Gasteiger partial charge < -0.3 is 5.11 Å². The number of aryl methyl sites for hydroxylation is 2. The van der Waals surface area contributed by atoms with E-state index >= 15 is 0 Å². The molecule has 0 spiro atoms. The van der Waals surface area contributed by atoms with Crippen LogP contribution >= 0.6 is 0 Å². The van der Waals surface area contributed by atoms with Gasteiger partial charge in [-0.15, -0.1) is 0 Å². The van der Waals surface area contributed by atoms with E-state index in [1.54, 1.807) is 6.92 Å². The summed E-state index contributed by atoms with van der Waals surface area (Å²) in [6.45, 7) is 3.67. The molecule has 3 nitrogen and oxygen atoms in total. The number of hydrogen-bond donors (Lipinski definition) is 0. The van der Waals surface area contributed by atoms with E-state index < -0.39 is 0 Å². The van der Waals surface area contributed by atoms with E-state index in [1.807, 2.05) is 25.1 Å². The van der Waals surface area contributed by atoms with Crippen LogP contribution in [-0.2, 0) is 0 Å². The zero-order chi connectivity index (χ0) is 9.42. The molecular formula is C10H9N2O-. The minimum Gasteiger partial charge on any atom is -0.858 e. The second-order valence-electron chi connectivity index (χ2n) is 3.10. The van der Waals surface area contributed by atoms with E-state index in [4.69, 9.17) is 0 Å². The molecule has 3 heteroatoms. The normalized spacial score (nSPS) is 10.6. The molecule has 0 bridgehead atoms. The van der Waals surface area contributed by atoms with Gasteiger partial charge in [0.25, 0.3) is 0 Å². The van der Waals surface area contributed by atoms with E-state index in [0.717, 1.165) is 11.1 Å². The van der Waals surface area contributed by atoms with Crippen molar-refractivity contribution >= 4 is 10.9 Å². The van der Waals surface area contributed by atoms with Crippen molar-refractivity contribution in [1.82, 2.24) is 9.97 Å². The standard InChI is InChI=1S/C10H10N2O/c1-6-3-4-9-8(5-6)10(13)12-7(2)11-9/h3-5H,1-2H3,(H,11,12,13)/p-1. The highest BCUT2D eigenvalue weighted by Gasteiger charge is 1.97. The molecule has 13 heavy (non-hydrogen) atoms. The highest BCUT2D eigenvalue weighted by Crippen LogP contribution is 2.19. The van der Waals surface area contributed by atoms with Crippen LogP contribution in [0.4, 0.5) is 0 Å². The van der Waals surface area contributed by atoms with Gasteiger partial charge in [-0.05, 0) is 31.9 Å². The second-order valence-corrected chi connectivity index (χ2v) is 3.10. The van der Waals surface area contributed by atoms with Gasteiger partial charge >= 0.3 is 0 Å². The molecule has 1 heterocycles. The van der Waals surface area contributed by atoms with Crippen LogP contribution in [0, 0.1) is 13.8 Å². The van der Waals surface area contributed by atoms with Crippen molar-refractivity contribution in [2.24, 2.45) is 0 Å². The van der Waals surface area contributed by atoms with Crippen LogP contribution in [0.5, 0.6) is 5.88 Å². The average molecular weight is 173 g/mol. The van der Waals surface area contributed by atoms with Crippen molar-refractivity contribution in [2.45, 2.75) is 13.8 Å². The minimum absolute atomic E-state index is 0.189. The van der Waals surface area contributed by atoms with Gasteiger partial charge in [-0.3, -0.25) is 0 Å². The van der Waals surface area contributed by atoms with Crippen molar-refractivity contribution in [1.29, 1.82) is 0 Å². The van der Waals surface area contributed by atoms with E-state index in [0.29, 0.717) is 11.2 Å². The Labute approximate surface area is 76.1 Å². The Bertz CT molecular complexity index is 466. The molecule has 2 rings (SSSR count). The van der Waals surface area contributed by atoms with Gasteiger partial charge in [-0.1, -0.05) is 11.6 Å². The second kappa shape index (κ2) is 2.69. The van der Waals surface area contributed by atoms with E-state index in [-0.39, 0.29) is 5.88 Å². The lowest BCUT2D eigenvalue weighted by Crippen LogP contribution is -1.99. The molecule has 0 N–H and O–H groups in total. The maximum Gasteiger partial charge on any atom is 0.125 e. The third-order valence-electron chi connectivity index (χ3n) is 1.93. The molecule has 0 saturated heterocycles.